The van der Waals surface area contributed by atoms with Crippen molar-refractivity contribution in [1.29, 1.82) is 0 Å². The molecule has 0 aliphatic carbocycles. The number of benzene rings is 2. The van der Waals surface area contributed by atoms with Crippen LogP contribution >= 0.6 is 22.6 Å². The summed E-state index contributed by atoms with van der Waals surface area (Å²) >= 11 is 0.853. The molecule has 0 aliphatic heterocycles. The molecule has 0 bridgehead atoms. The molecule has 0 fully saturated rings. The highest BCUT2D eigenvalue weighted by Gasteiger charge is 2.81. The molecule has 7 nitrogen and oxygen atoms in total. The second kappa shape index (κ2) is 12.5. The van der Waals surface area contributed by atoms with E-state index < -0.39 is 97.6 Å². The molecule has 2 amide bonds. The second-order valence-corrected chi connectivity index (χ2v) is 9.68. The number of hydrogen-bond acceptors (Lipinski definition) is 5. The molecule has 1 aromatic heterocycles. The third-order valence-corrected chi connectivity index (χ3v) is 6.55. The van der Waals surface area contributed by atoms with Crippen LogP contribution in [0.3, 0.4) is 0 Å². The Balaban J connectivity index is 2.09. The van der Waals surface area contributed by atoms with Crippen LogP contribution in [0.15, 0.2) is 48.7 Å². The van der Waals surface area contributed by atoms with Crippen molar-refractivity contribution in [2.24, 2.45) is 0 Å². The number of alkyl halides is 11. The van der Waals surface area contributed by atoms with Gasteiger partial charge in [0, 0.05) is 15.3 Å². The highest BCUT2D eigenvalue weighted by Crippen LogP contribution is 2.59. The van der Waals surface area contributed by atoms with Crippen molar-refractivity contribution in [2.45, 2.75) is 30.6 Å². The Morgan fingerprint density at radius 3 is 2.07 bits per heavy atom. The van der Waals surface area contributed by atoms with Gasteiger partial charge in [0.1, 0.15) is 5.69 Å². The topological polar surface area (TPSA) is 91.8 Å². The second-order valence-electron chi connectivity index (χ2n) is 8.52. The van der Waals surface area contributed by atoms with E-state index in [0.29, 0.717) is 18.3 Å². The molecule has 0 radical (unpaired) electrons. The van der Waals surface area contributed by atoms with Crippen LogP contribution in [0.4, 0.5) is 68.5 Å². The lowest BCUT2D eigenvalue weighted by atomic mass is 9.87. The van der Waals surface area contributed by atoms with Gasteiger partial charge < -0.3 is 10.1 Å². The molecule has 3 aromatic rings. The number of ether oxygens (including phenoxy) is 1. The van der Waals surface area contributed by atoms with Gasteiger partial charge in [-0.2, -0.15) is 53.4 Å². The summed E-state index contributed by atoms with van der Waals surface area (Å²) in [4.78, 5) is 28.4. The lowest BCUT2D eigenvalue weighted by Crippen LogP contribution is -2.59. The van der Waals surface area contributed by atoms with E-state index >= 15 is 4.39 Å². The quantitative estimate of drug-likeness (QED) is 0.0802. The van der Waals surface area contributed by atoms with E-state index in [9.17, 15) is 67.5 Å². The van der Waals surface area contributed by atoms with Crippen LogP contribution in [-0.4, -0.2) is 46.9 Å². The Hall–Kier alpha value is -3.89. The summed E-state index contributed by atoms with van der Waals surface area (Å²) in [6.45, 7) is -4.04. The van der Waals surface area contributed by atoms with E-state index in [4.69, 9.17) is 0 Å². The first-order chi connectivity index (χ1) is 20.5. The minimum atomic E-state index is -7.17. The molecule has 1 heterocycles. The number of amides is 2. The van der Waals surface area contributed by atoms with Gasteiger partial charge in [0.2, 0.25) is 5.95 Å². The van der Waals surface area contributed by atoms with Crippen LogP contribution in [0.1, 0.15) is 26.3 Å². The average Bonchev–Trinajstić information content (AvgIpc) is 2.92. The fraction of sp³-hybridized carbons (Fsp3) is 0.208. The van der Waals surface area contributed by atoms with Crippen molar-refractivity contribution in [3.05, 3.63) is 80.7 Å². The van der Waals surface area contributed by atoms with Crippen molar-refractivity contribution in [3.63, 3.8) is 0 Å². The number of hydroxylamine groups is 1. The van der Waals surface area contributed by atoms with Crippen molar-refractivity contribution >= 4 is 45.8 Å². The Morgan fingerprint density at radius 1 is 0.933 bits per heavy atom. The van der Waals surface area contributed by atoms with E-state index in [1.807, 2.05) is 0 Å². The predicted octanol–water partition coefficient (Wildman–Crippen LogP) is 7.78. The summed E-state index contributed by atoms with van der Waals surface area (Å²) in [5, 5.41) is 11.5. The van der Waals surface area contributed by atoms with Crippen molar-refractivity contribution in [1.82, 2.24) is 4.98 Å². The molecule has 45 heavy (non-hydrogen) atoms. The summed E-state index contributed by atoms with van der Waals surface area (Å²) < 4.78 is 179. The minimum Gasteiger partial charge on any atom is -0.433 e. The van der Waals surface area contributed by atoms with Crippen LogP contribution in [0.2, 0.25) is 0 Å². The van der Waals surface area contributed by atoms with E-state index in [1.54, 1.807) is 5.32 Å². The number of rotatable bonds is 8. The Labute approximate surface area is 254 Å². The van der Waals surface area contributed by atoms with Gasteiger partial charge in [0.05, 0.1) is 16.8 Å². The lowest BCUT2D eigenvalue weighted by Gasteiger charge is -2.36. The molecule has 1 atom stereocenters. The normalized spacial score (nSPS) is 13.8. The van der Waals surface area contributed by atoms with Crippen LogP contribution in [0, 0.1) is 15.3 Å². The maximum atomic E-state index is 15.2. The first-order valence-electron chi connectivity index (χ1n) is 11.3. The van der Waals surface area contributed by atoms with Crippen LogP contribution in [0.25, 0.3) is 0 Å². The molecule has 244 valence electrons. The van der Waals surface area contributed by atoms with Crippen LogP contribution < -0.4 is 15.1 Å². The molecule has 0 aliphatic rings. The molecular formula is C24H11F13IN3O4. The molecule has 2 aromatic carbocycles. The molecule has 0 spiro atoms. The third kappa shape index (κ3) is 6.72. The number of hydrogen-bond donors (Lipinski definition) is 2. The number of aromatic nitrogens is 1. The van der Waals surface area contributed by atoms with Gasteiger partial charge >= 0.3 is 30.6 Å². The van der Waals surface area contributed by atoms with Gasteiger partial charge in [0.15, 0.2) is 11.6 Å². The summed E-state index contributed by atoms with van der Waals surface area (Å²) in [6.07, 6.45) is -13.5. The van der Waals surface area contributed by atoms with Gasteiger partial charge in [0.25, 0.3) is 11.8 Å². The van der Waals surface area contributed by atoms with Gasteiger partial charge in [-0.15, -0.1) is 0 Å². The molecule has 0 saturated heterocycles. The minimum absolute atomic E-state index is 0.278. The van der Waals surface area contributed by atoms with Gasteiger partial charge in [-0.1, -0.05) is 6.07 Å². The zero-order valence-corrected chi connectivity index (χ0v) is 23.2. The van der Waals surface area contributed by atoms with Gasteiger partial charge in [-0.3, -0.25) is 14.8 Å². The summed E-state index contributed by atoms with van der Waals surface area (Å²) in [6, 6.07) is 2.95. The number of carbonyl (C=O) groups is 2. The van der Waals surface area contributed by atoms with Crippen molar-refractivity contribution in [3.8, 4) is 5.75 Å². The van der Waals surface area contributed by atoms with Crippen LogP contribution in [-0.2, 0) is 5.67 Å². The monoisotopic (exact) mass is 779 g/mol. The molecule has 3 rings (SSSR count). The number of nitrogens with zero attached hydrogens (tertiary/aromatic N) is 2. The molecule has 1 unspecified atom stereocenters. The van der Waals surface area contributed by atoms with E-state index in [1.165, 1.54) is 0 Å². The highest BCUT2D eigenvalue weighted by atomic mass is 127. The van der Waals surface area contributed by atoms with E-state index in [2.05, 4.69) is 9.72 Å². The zero-order chi connectivity index (χ0) is 34.3. The number of nitrogens with one attached hydrogen (secondary N) is 1. The Kier molecular flexibility index (Phi) is 9.87. The van der Waals surface area contributed by atoms with E-state index in [-0.39, 0.29) is 11.1 Å². The first-order valence-corrected chi connectivity index (χ1v) is 12.4. The maximum absolute atomic E-state index is 15.2. The largest absolute Gasteiger partial charge is 0.457 e. The first kappa shape index (κ1) is 35.6. The van der Waals surface area contributed by atoms with Gasteiger partial charge in [-0.05, 0) is 59.0 Å². The van der Waals surface area contributed by atoms with Crippen molar-refractivity contribution < 1.29 is 76.6 Å². The zero-order valence-electron chi connectivity index (χ0n) is 21.1. The molecule has 0 saturated carbocycles. The fourth-order valence-electron chi connectivity index (χ4n) is 3.58. The Morgan fingerprint density at radius 2 is 1.56 bits per heavy atom. The maximum Gasteiger partial charge on any atom is 0.457 e. The molecule has 21 heteroatoms. The smallest absolute Gasteiger partial charge is 0.433 e. The SMILES string of the molecule is O=C(Nc1c(I)cc(C(F)(C(F)(F)F)C(F)(F)C(F)(F)F)cc1OC(F)F)c1cccc(N(O)C(=O)c2ccc(F)nc2)c1F. The summed E-state index contributed by atoms with van der Waals surface area (Å²) in [7, 11) is 0. The number of anilines is 2. The Bertz CT molecular complexity index is 1600. The molecular weight excluding hydrogens is 768 g/mol. The van der Waals surface area contributed by atoms with Crippen LogP contribution in [0.5, 0.6) is 5.75 Å². The highest BCUT2D eigenvalue weighted by molar-refractivity contribution is 14.1. The third-order valence-electron chi connectivity index (χ3n) is 5.70. The average molecular weight is 779 g/mol. The van der Waals surface area contributed by atoms with E-state index in [0.717, 1.165) is 40.8 Å². The molecule has 2 N–H and O–H groups in total. The number of carbonyl (C=O) groups excluding carboxylic acids is 2. The van der Waals surface area contributed by atoms with Crippen molar-refractivity contribution in [2.75, 3.05) is 10.4 Å². The predicted molar refractivity (Wildman–Crippen MR) is 133 cm³/mol. The number of halogens is 14. The standard InChI is InChI=1S/C24H11F13IN3O4/c25-15-5-4-9(8-39-15)19(43)41(44)13-3-1-2-11(16(13)26)18(42)40-17-12(38)6-10(7-14(17)45-20(27)28)21(29,23(32,33)34)22(30,31)24(35,36)37/h1-8,20,44H,(H,40,42). The summed E-state index contributed by atoms with van der Waals surface area (Å²) in [5.74, 6) is -14.7. The fourth-order valence-corrected chi connectivity index (χ4v) is 4.32. The lowest BCUT2D eigenvalue weighted by molar-refractivity contribution is -0.389. The number of pyridine rings is 1. The summed E-state index contributed by atoms with van der Waals surface area (Å²) in [5.41, 5.74) is -12.9. The van der Waals surface area contributed by atoms with Gasteiger partial charge in [-0.25, -0.2) is 13.8 Å².